The maximum absolute atomic E-state index is 5.43. The Hall–Kier alpha value is -1.97. The highest BCUT2D eigenvalue weighted by Gasteiger charge is 2.19. The van der Waals surface area contributed by atoms with Gasteiger partial charge < -0.3 is 14.0 Å². The molecule has 0 saturated carbocycles. The third kappa shape index (κ3) is 2.41. The van der Waals surface area contributed by atoms with Crippen LogP contribution < -0.4 is 9.47 Å². The average molecular weight is 233 g/mol. The molecule has 2 aromatic rings. The van der Waals surface area contributed by atoms with Crippen molar-refractivity contribution < 1.29 is 14.0 Å². The lowest BCUT2D eigenvalue weighted by Crippen LogP contribution is -1.95. The highest BCUT2D eigenvalue weighted by Crippen LogP contribution is 2.38. The van der Waals surface area contributed by atoms with Gasteiger partial charge in [-0.1, -0.05) is 30.3 Å². The summed E-state index contributed by atoms with van der Waals surface area (Å²) in [7, 11) is 0. The van der Waals surface area contributed by atoms with Gasteiger partial charge in [0.25, 0.3) is 5.88 Å². The van der Waals surface area contributed by atoms with Crippen LogP contribution in [-0.2, 0) is 0 Å². The van der Waals surface area contributed by atoms with Gasteiger partial charge in [-0.3, -0.25) is 0 Å². The molecule has 0 bridgehead atoms. The van der Waals surface area contributed by atoms with E-state index < -0.39 is 0 Å². The molecule has 2 rings (SSSR count). The third-order valence-electron chi connectivity index (χ3n) is 2.25. The van der Waals surface area contributed by atoms with E-state index in [1.165, 1.54) is 0 Å². The first-order valence-corrected chi connectivity index (χ1v) is 5.67. The number of aromatic nitrogens is 1. The highest BCUT2D eigenvalue weighted by molar-refractivity contribution is 5.72. The molecule has 4 heteroatoms. The molecule has 0 spiro atoms. The van der Waals surface area contributed by atoms with Gasteiger partial charge in [0.15, 0.2) is 0 Å². The van der Waals surface area contributed by atoms with Crippen molar-refractivity contribution in [2.45, 2.75) is 13.8 Å². The molecule has 0 amide bonds. The summed E-state index contributed by atoms with van der Waals surface area (Å²) in [5.41, 5.74) is 1.75. The second-order valence-electron chi connectivity index (χ2n) is 3.38. The number of rotatable bonds is 5. The minimum atomic E-state index is 0.405. The second-order valence-corrected chi connectivity index (χ2v) is 3.38. The maximum atomic E-state index is 5.43. The Bertz CT molecular complexity index is 441. The molecule has 0 fully saturated rings. The Labute approximate surface area is 100 Å². The zero-order valence-corrected chi connectivity index (χ0v) is 9.97. The van der Waals surface area contributed by atoms with Gasteiger partial charge in [0, 0.05) is 0 Å². The molecule has 0 aliphatic rings. The van der Waals surface area contributed by atoms with E-state index in [1.807, 2.05) is 44.2 Å². The van der Waals surface area contributed by atoms with Crippen LogP contribution >= 0.6 is 0 Å². The molecular formula is C13H15NO3. The van der Waals surface area contributed by atoms with Crippen LogP contribution in [0.3, 0.4) is 0 Å². The molecule has 0 atom stereocenters. The molecule has 0 aliphatic carbocycles. The predicted molar refractivity (Wildman–Crippen MR) is 64.3 cm³/mol. The molecule has 0 saturated heterocycles. The van der Waals surface area contributed by atoms with Gasteiger partial charge in [-0.15, -0.1) is 0 Å². The van der Waals surface area contributed by atoms with Gasteiger partial charge in [0.1, 0.15) is 5.56 Å². The number of benzene rings is 1. The average Bonchev–Trinajstić information content (AvgIpc) is 2.74. The summed E-state index contributed by atoms with van der Waals surface area (Å²) in [4.78, 5) is 0. The maximum Gasteiger partial charge on any atom is 0.323 e. The standard InChI is InChI=1S/C13H15NO3/c1-3-15-12-11(10-8-6-5-7-9-10)13(16-4-2)17-14-12/h5-9H,3-4H2,1-2H3. The monoisotopic (exact) mass is 233 g/mol. The minimum Gasteiger partial charge on any atom is -0.475 e. The van der Waals surface area contributed by atoms with Gasteiger partial charge in [-0.2, -0.15) is 0 Å². The molecular weight excluding hydrogens is 218 g/mol. The molecule has 17 heavy (non-hydrogen) atoms. The fourth-order valence-electron chi connectivity index (χ4n) is 1.57. The van der Waals surface area contributed by atoms with Crippen molar-refractivity contribution in [2.24, 2.45) is 0 Å². The van der Waals surface area contributed by atoms with Crippen molar-refractivity contribution in [1.29, 1.82) is 0 Å². The molecule has 4 nitrogen and oxygen atoms in total. The Morgan fingerprint density at radius 1 is 1.06 bits per heavy atom. The first-order chi connectivity index (χ1) is 8.36. The largest absolute Gasteiger partial charge is 0.475 e. The molecule has 0 N–H and O–H groups in total. The summed E-state index contributed by atoms with van der Waals surface area (Å²) in [5, 5.41) is 3.88. The second kappa shape index (κ2) is 5.39. The van der Waals surface area contributed by atoms with Crippen LogP contribution in [-0.4, -0.2) is 18.4 Å². The van der Waals surface area contributed by atoms with Gasteiger partial charge in [0.05, 0.1) is 13.2 Å². The van der Waals surface area contributed by atoms with Crippen molar-refractivity contribution in [3.8, 4) is 23.0 Å². The lowest BCUT2D eigenvalue weighted by Gasteiger charge is -2.04. The van der Waals surface area contributed by atoms with E-state index in [0.29, 0.717) is 25.0 Å². The van der Waals surface area contributed by atoms with Crippen molar-refractivity contribution in [3.63, 3.8) is 0 Å². The van der Waals surface area contributed by atoms with Crippen molar-refractivity contribution in [1.82, 2.24) is 5.16 Å². The number of nitrogens with zero attached hydrogens (tertiary/aromatic N) is 1. The predicted octanol–water partition coefficient (Wildman–Crippen LogP) is 3.14. The summed E-state index contributed by atoms with van der Waals surface area (Å²) in [6.45, 7) is 4.87. The SMILES string of the molecule is CCOc1noc(OCC)c1-c1ccccc1. The fraction of sp³-hybridized carbons (Fsp3) is 0.308. The first kappa shape index (κ1) is 11.5. The van der Waals surface area contributed by atoms with Crippen LogP contribution in [0.1, 0.15) is 13.8 Å². The van der Waals surface area contributed by atoms with Crippen LogP contribution in [0.15, 0.2) is 34.9 Å². The number of hydrogen-bond acceptors (Lipinski definition) is 4. The summed E-state index contributed by atoms with van der Waals surface area (Å²) in [5.74, 6) is 0.879. The quantitative estimate of drug-likeness (QED) is 0.795. The third-order valence-corrected chi connectivity index (χ3v) is 2.25. The summed E-state index contributed by atoms with van der Waals surface area (Å²) >= 11 is 0. The van der Waals surface area contributed by atoms with Crippen molar-refractivity contribution in [2.75, 3.05) is 13.2 Å². The Morgan fingerprint density at radius 2 is 1.76 bits per heavy atom. The van der Waals surface area contributed by atoms with Gasteiger partial charge in [0.2, 0.25) is 0 Å². The van der Waals surface area contributed by atoms with Crippen LogP contribution in [0, 0.1) is 0 Å². The number of ether oxygens (including phenoxy) is 2. The van der Waals surface area contributed by atoms with E-state index in [-0.39, 0.29) is 0 Å². The van der Waals surface area contributed by atoms with E-state index in [0.717, 1.165) is 11.1 Å². The summed E-state index contributed by atoms with van der Waals surface area (Å²) in [6, 6.07) is 9.80. The van der Waals surface area contributed by atoms with E-state index in [1.54, 1.807) is 0 Å². The van der Waals surface area contributed by atoms with E-state index in [9.17, 15) is 0 Å². The zero-order valence-electron chi connectivity index (χ0n) is 9.97. The Balaban J connectivity index is 2.44. The summed E-state index contributed by atoms with van der Waals surface area (Å²) < 4.78 is 16.0. The Morgan fingerprint density at radius 3 is 2.41 bits per heavy atom. The van der Waals surface area contributed by atoms with Crippen LogP contribution in [0.2, 0.25) is 0 Å². The molecule has 0 radical (unpaired) electrons. The topological polar surface area (TPSA) is 44.5 Å². The van der Waals surface area contributed by atoms with Crippen molar-refractivity contribution >= 4 is 0 Å². The lowest BCUT2D eigenvalue weighted by molar-refractivity contribution is 0.218. The smallest absolute Gasteiger partial charge is 0.323 e. The minimum absolute atomic E-state index is 0.405. The van der Waals surface area contributed by atoms with Gasteiger partial charge >= 0.3 is 5.95 Å². The van der Waals surface area contributed by atoms with Crippen LogP contribution in [0.25, 0.3) is 11.1 Å². The summed E-state index contributed by atoms with van der Waals surface area (Å²) in [6.07, 6.45) is 0. The normalized spacial score (nSPS) is 10.2. The number of hydrogen-bond donors (Lipinski definition) is 0. The van der Waals surface area contributed by atoms with Crippen LogP contribution in [0.5, 0.6) is 11.8 Å². The fourth-order valence-corrected chi connectivity index (χ4v) is 1.57. The molecule has 1 heterocycles. The van der Waals surface area contributed by atoms with E-state index in [2.05, 4.69) is 5.16 Å². The van der Waals surface area contributed by atoms with Gasteiger partial charge in [-0.25, -0.2) is 0 Å². The molecule has 1 aromatic heterocycles. The molecule has 0 unspecified atom stereocenters. The molecule has 90 valence electrons. The first-order valence-electron chi connectivity index (χ1n) is 5.67. The van der Waals surface area contributed by atoms with Crippen molar-refractivity contribution in [3.05, 3.63) is 30.3 Å². The molecule has 0 aliphatic heterocycles. The Kier molecular flexibility index (Phi) is 3.65. The van der Waals surface area contributed by atoms with E-state index in [4.69, 9.17) is 14.0 Å². The van der Waals surface area contributed by atoms with Crippen LogP contribution in [0.4, 0.5) is 0 Å². The lowest BCUT2D eigenvalue weighted by atomic mass is 10.1. The highest BCUT2D eigenvalue weighted by atomic mass is 16.6. The van der Waals surface area contributed by atoms with E-state index >= 15 is 0 Å². The van der Waals surface area contributed by atoms with Gasteiger partial charge in [-0.05, 0) is 24.6 Å². The molecule has 1 aromatic carbocycles. The zero-order chi connectivity index (χ0) is 12.1.